The fraction of sp³-hybridized carbons (Fsp3) is 0.562. The van der Waals surface area contributed by atoms with Gasteiger partial charge in [-0.05, 0) is 51.8 Å². The average Bonchev–Trinajstić information content (AvgIpc) is 2.33. The molecule has 0 radical (unpaired) electrons. The molecule has 1 aromatic carbocycles. The fourth-order valence-corrected chi connectivity index (χ4v) is 2.03. The lowest BCUT2D eigenvalue weighted by molar-refractivity contribution is -0.124. The molecule has 0 fully saturated rings. The van der Waals surface area contributed by atoms with Gasteiger partial charge in [-0.25, -0.2) is 4.39 Å². The highest BCUT2D eigenvalue weighted by Gasteiger charge is 2.21. The van der Waals surface area contributed by atoms with Gasteiger partial charge in [-0.2, -0.15) is 0 Å². The maximum atomic E-state index is 13.3. The molecule has 0 aliphatic heterocycles. The number of hydrogen-bond donors (Lipinski definition) is 2. The molecule has 1 aromatic rings. The van der Waals surface area contributed by atoms with Gasteiger partial charge in [0.15, 0.2) is 0 Å². The van der Waals surface area contributed by atoms with Crippen LogP contribution in [-0.4, -0.2) is 17.5 Å². The molecule has 2 N–H and O–H groups in total. The Morgan fingerprint density at radius 1 is 1.35 bits per heavy atom. The minimum atomic E-state index is -0.331. The van der Waals surface area contributed by atoms with Crippen LogP contribution in [0.4, 0.5) is 4.39 Å². The zero-order valence-corrected chi connectivity index (χ0v) is 13.0. The molecule has 2 atom stereocenters. The molecule has 0 aliphatic carbocycles. The molecule has 1 rings (SSSR count). The number of carbonyl (C=O) groups excluding carboxylic acids is 1. The lowest BCUT2D eigenvalue weighted by Crippen LogP contribution is -2.50. The molecular weight excluding hydrogens is 255 g/mol. The first-order valence-corrected chi connectivity index (χ1v) is 7.06. The largest absolute Gasteiger partial charge is 0.350 e. The van der Waals surface area contributed by atoms with Gasteiger partial charge in [0, 0.05) is 11.6 Å². The third-order valence-corrected chi connectivity index (χ3v) is 3.00. The number of amides is 1. The summed E-state index contributed by atoms with van der Waals surface area (Å²) in [5, 5.41) is 6.19. The second-order valence-electron chi connectivity index (χ2n) is 6.14. The Kier molecular flexibility index (Phi) is 5.69. The van der Waals surface area contributed by atoms with Crippen molar-refractivity contribution >= 4 is 5.91 Å². The molecule has 0 aromatic heterocycles. The molecule has 2 unspecified atom stereocenters. The molecule has 20 heavy (non-hydrogen) atoms. The predicted octanol–water partition coefficient (Wildman–Crippen LogP) is 3.17. The Bertz CT molecular complexity index is 454. The van der Waals surface area contributed by atoms with Gasteiger partial charge in [0.05, 0.1) is 6.04 Å². The quantitative estimate of drug-likeness (QED) is 0.870. The summed E-state index contributed by atoms with van der Waals surface area (Å²) < 4.78 is 13.3. The van der Waals surface area contributed by atoms with E-state index in [1.165, 1.54) is 12.1 Å². The summed E-state index contributed by atoms with van der Waals surface area (Å²) in [7, 11) is 0. The molecule has 0 saturated carbocycles. The highest BCUT2D eigenvalue weighted by molar-refractivity contribution is 5.82. The van der Waals surface area contributed by atoms with Gasteiger partial charge >= 0.3 is 0 Å². The second-order valence-corrected chi connectivity index (χ2v) is 6.14. The van der Waals surface area contributed by atoms with Crippen molar-refractivity contribution in [3.05, 3.63) is 35.6 Å². The van der Waals surface area contributed by atoms with Crippen LogP contribution in [0.15, 0.2) is 24.3 Å². The zero-order valence-electron chi connectivity index (χ0n) is 13.0. The number of hydrogen-bond acceptors (Lipinski definition) is 2. The van der Waals surface area contributed by atoms with Gasteiger partial charge in [-0.3, -0.25) is 10.1 Å². The van der Waals surface area contributed by atoms with Gasteiger partial charge < -0.3 is 5.32 Å². The highest BCUT2D eigenvalue weighted by Crippen LogP contribution is 2.18. The lowest BCUT2D eigenvalue weighted by Gasteiger charge is -2.26. The van der Waals surface area contributed by atoms with Crippen molar-refractivity contribution in [1.82, 2.24) is 10.6 Å². The standard InChI is InChI=1S/C16H25FN2O/c1-6-14(12-8-7-9-13(17)10-12)18-11(2)15(20)19-16(3,4)5/h7-11,14,18H,6H2,1-5H3,(H,19,20). The Labute approximate surface area is 121 Å². The second kappa shape index (κ2) is 6.84. The molecule has 0 bridgehead atoms. The normalized spacial score (nSPS) is 14.7. The van der Waals surface area contributed by atoms with Crippen LogP contribution in [-0.2, 0) is 4.79 Å². The lowest BCUT2D eigenvalue weighted by atomic mass is 10.0. The van der Waals surface area contributed by atoms with Gasteiger partial charge in [-0.1, -0.05) is 19.1 Å². The average molecular weight is 280 g/mol. The van der Waals surface area contributed by atoms with Crippen molar-refractivity contribution in [2.24, 2.45) is 0 Å². The van der Waals surface area contributed by atoms with E-state index in [0.29, 0.717) is 0 Å². The van der Waals surface area contributed by atoms with Crippen LogP contribution >= 0.6 is 0 Å². The topological polar surface area (TPSA) is 41.1 Å². The van der Waals surface area contributed by atoms with Gasteiger partial charge in [0.2, 0.25) is 5.91 Å². The summed E-state index contributed by atoms with van der Waals surface area (Å²) in [5.41, 5.74) is 0.607. The third-order valence-electron chi connectivity index (χ3n) is 3.00. The van der Waals surface area contributed by atoms with E-state index in [-0.39, 0.29) is 29.3 Å². The van der Waals surface area contributed by atoms with E-state index >= 15 is 0 Å². The molecule has 1 amide bonds. The number of nitrogens with one attached hydrogen (secondary N) is 2. The van der Waals surface area contributed by atoms with E-state index in [1.807, 2.05) is 40.7 Å². The predicted molar refractivity (Wildman–Crippen MR) is 79.9 cm³/mol. The van der Waals surface area contributed by atoms with Gasteiger partial charge in [0.25, 0.3) is 0 Å². The molecule has 0 spiro atoms. The number of rotatable bonds is 5. The zero-order chi connectivity index (χ0) is 15.3. The van der Waals surface area contributed by atoms with Crippen LogP contribution in [0.25, 0.3) is 0 Å². The summed E-state index contributed by atoms with van der Waals surface area (Å²) in [6, 6.07) is 6.13. The summed E-state index contributed by atoms with van der Waals surface area (Å²) in [6.07, 6.45) is 0.788. The van der Waals surface area contributed by atoms with E-state index in [1.54, 1.807) is 6.07 Å². The van der Waals surface area contributed by atoms with Crippen molar-refractivity contribution in [3.8, 4) is 0 Å². The summed E-state index contributed by atoms with van der Waals surface area (Å²) in [6.45, 7) is 9.67. The molecule has 0 heterocycles. The number of benzene rings is 1. The van der Waals surface area contributed by atoms with Crippen molar-refractivity contribution in [2.45, 2.75) is 58.7 Å². The smallest absolute Gasteiger partial charge is 0.237 e. The molecular formula is C16H25FN2O. The number of halogens is 1. The van der Waals surface area contributed by atoms with Gasteiger partial charge in [0.1, 0.15) is 5.82 Å². The maximum absolute atomic E-state index is 13.3. The first-order chi connectivity index (χ1) is 9.23. The summed E-state index contributed by atoms with van der Waals surface area (Å²) in [5.74, 6) is -0.304. The van der Waals surface area contributed by atoms with Crippen LogP contribution in [0.2, 0.25) is 0 Å². The molecule has 112 valence electrons. The molecule has 4 heteroatoms. The van der Waals surface area contributed by atoms with E-state index in [4.69, 9.17) is 0 Å². The molecule has 3 nitrogen and oxygen atoms in total. The SMILES string of the molecule is CCC(NC(C)C(=O)NC(C)(C)C)c1cccc(F)c1. The van der Waals surface area contributed by atoms with Crippen LogP contribution in [0, 0.1) is 5.82 Å². The van der Waals surface area contributed by atoms with Gasteiger partial charge in [-0.15, -0.1) is 0 Å². The van der Waals surface area contributed by atoms with Crippen LogP contribution < -0.4 is 10.6 Å². The highest BCUT2D eigenvalue weighted by atomic mass is 19.1. The van der Waals surface area contributed by atoms with E-state index in [9.17, 15) is 9.18 Å². The minimum absolute atomic E-state index is 0.0357. The number of carbonyl (C=O) groups is 1. The Morgan fingerprint density at radius 2 is 2.00 bits per heavy atom. The Hall–Kier alpha value is -1.42. The molecule has 0 saturated heterocycles. The fourth-order valence-electron chi connectivity index (χ4n) is 2.03. The maximum Gasteiger partial charge on any atom is 0.237 e. The van der Waals surface area contributed by atoms with Crippen molar-refractivity contribution in [2.75, 3.05) is 0 Å². The molecule has 0 aliphatic rings. The van der Waals surface area contributed by atoms with Crippen molar-refractivity contribution in [1.29, 1.82) is 0 Å². The van der Waals surface area contributed by atoms with E-state index < -0.39 is 0 Å². The minimum Gasteiger partial charge on any atom is -0.350 e. The third kappa shape index (κ3) is 5.29. The van der Waals surface area contributed by atoms with E-state index in [2.05, 4.69) is 10.6 Å². The van der Waals surface area contributed by atoms with E-state index in [0.717, 1.165) is 12.0 Å². The first-order valence-electron chi connectivity index (χ1n) is 7.06. The van der Waals surface area contributed by atoms with Crippen LogP contribution in [0.5, 0.6) is 0 Å². The van der Waals surface area contributed by atoms with Crippen LogP contribution in [0.1, 0.15) is 52.6 Å². The Morgan fingerprint density at radius 3 is 2.50 bits per heavy atom. The van der Waals surface area contributed by atoms with Crippen molar-refractivity contribution in [3.63, 3.8) is 0 Å². The summed E-state index contributed by atoms with van der Waals surface area (Å²) >= 11 is 0. The monoisotopic (exact) mass is 280 g/mol. The first kappa shape index (κ1) is 16.6. The van der Waals surface area contributed by atoms with Crippen molar-refractivity contribution < 1.29 is 9.18 Å². The Balaban J connectivity index is 2.71. The van der Waals surface area contributed by atoms with Crippen LogP contribution in [0.3, 0.4) is 0 Å². The summed E-state index contributed by atoms with van der Waals surface area (Å²) in [4.78, 5) is 12.1.